The van der Waals surface area contributed by atoms with Crippen LogP contribution in [0, 0.1) is 0 Å². The number of rotatable bonds is 7. The van der Waals surface area contributed by atoms with Crippen LogP contribution in [0.1, 0.15) is 11.1 Å². The Bertz CT molecular complexity index is 585. The number of nitrogens with zero attached hydrogens (tertiary/aromatic N) is 1. The summed E-state index contributed by atoms with van der Waals surface area (Å²) < 4.78 is 5.81. The van der Waals surface area contributed by atoms with Crippen LogP contribution >= 0.6 is 11.6 Å². The number of aliphatic hydroxyl groups excluding tert-OH is 1. The molecule has 0 saturated carbocycles. The molecular weight excluding hydrogens is 288 g/mol. The summed E-state index contributed by atoms with van der Waals surface area (Å²) in [7, 11) is 0. The molecule has 2 rings (SSSR count). The van der Waals surface area contributed by atoms with Crippen LogP contribution in [0.2, 0.25) is 5.02 Å². The van der Waals surface area contributed by atoms with Crippen molar-refractivity contribution in [2.75, 3.05) is 13.2 Å². The number of nitrogens with one attached hydrogen (secondary N) is 1. The van der Waals surface area contributed by atoms with Gasteiger partial charge in [0.05, 0.1) is 19.4 Å². The van der Waals surface area contributed by atoms with E-state index < -0.39 is 0 Å². The van der Waals surface area contributed by atoms with Gasteiger partial charge in [0.2, 0.25) is 0 Å². The van der Waals surface area contributed by atoms with Crippen LogP contribution in [0.15, 0.2) is 53.6 Å². The fourth-order valence-corrected chi connectivity index (χ4v) is 1.82. The van der Waals surface area contributed by atoms with Gasteiger partial charge in [0.1, 0.15) is 12.4 Å². The summed E-state index contributed by atoms with van der Waals surface area (Å²) in [5, 5.41) is 13.4. The molecular formula is C16H17ClN2O2. The number of para-hydroxylation sites is 1. The molecule has 5 heteroatoms. The zero-order valence-corrected chi connectivity index (χ0v) is 12.3. The predicted molar refractivity (Wildman–Crippen MR) is 84.9 cm³/mol. The van der Waals surface area contributed by atoms with Crippen LogP contribution in [0.25, 0.3) is 0 Å². The Morgan fingerprint density at radius 1 is 1.14 bits per heavy atom. The lowest BCUT2D eigenvalue weighted by Crippen LogP contribution is -2.11. The van der Waals surface area contributed by atoms with Crippen molar-refractivity contribution in [3.63, 3.8) is 0 Å². The van der Waals surface area contributed by atoms with Crippen molar-refractivity contribution in [1.82, 2.24) is 5.43 Å². The summed E-state index contributed by atoms with van der Waals surface area (Å²) in [5.74, 6) is 0.752. The Morgan fingerprint density at radius 2 is 1.90 bits per heavy atom. The lowest BCUT2D eigenvalue weighted by Gasteiger charge is -2.09. The minimum atomic E-state index is 0.0477. The number of benzene rings is 2. The zero-order chi connectivity index (χ0) is 14.9. The Balaban J connectivity index is 1.99. The summed E-state index contributed by atoms with van der Waals surface area (Å²) in [6.45, 7) is 0.933. The van der Waals surface area contributed by atoms with Crippen molar-refractivity contribution in [2.45, 2.75) is 6.61 Å². The Hall–Kier alpha value is -2.04. The van der Waals surface area contributed by atoms with E-state index in [2.05, 4.69) is 10.5 Å². The third kappa shape index (κ3) is 5.10. The number of hydrogen-bond acceptors (Lipinski definition) is 4. The van der Waals surface area contributed by atoms with Gasteiger partial charge in [0.25, 0.3) is 0 Å². The molecule has 0 unspecified atom stereocenters. The molecule has 0 aromatic heterocycles. The molecule has 0 aliphatic carbocycles. The van der Waals surface area contributed by atoms with Gasteiger partial charge in [-0.3, -0.25) is 0 Å². The van der Waals surface area contributed by atoms with Crippen LogP contribution in [-0.4, -0.2) is 24.5 Å². The topological polar surface area (TPSA) is 53.8 Å². The first-order valence-electron chi connectivity index (χ1n) is 6.62. The van der Waals surface area contributed by atoms with Gasteiger partial charge in [-0.2, -0.15) is 5.10 Å². The molecule has 0 fully saturated rings. The van der Waals surface area contributed by atoms with Crippen molar-refractivity contribution in [2.24, 2.45) is 5.10 Å². The number of aliphatic hydroxyl groups is 1. The molecule has 2 aromatic rings. The Kier molecular flexibility index (Phi) is 6.06. The second-order valence-corrected chi connectivity index (χ2v) is 4.78. The molecule has 0 spiro atoms. The SMILES string of the molecule is OCCNN=Cc1ccccc1OCc1ccc(Cl)cc1. The first-order valence-corrected chi connectivity index (χ1v) is 7.00. The smallest absolute Gasteiger partial charge is 0.128 e. The average molecular weight is 305 g/mol. The second kappa shape index (κ2) is 8.29. The van der Waals surface area contributed by atoms with E-state index in [1.807, 2.05) is 48.5 Å². The fourth-order valence-electron chi connectivity index (χ4n) is 1.69. The van der Waals surface area contributed by atoms with E-state index >= 15 is 0 Å². The maximum absolute atomic E-state index is 8.68. The molecule has 0 aliphatic rings. The number of ether oxygens (including phenoxy) is 1. The third-order valence-electron chi connectivity index (χ3n) is 2.75. The second-order valence-electron chi connectivity index (χ2n) is 4.34. The Morgan fingerprint density at radius 3 is 2.67 bits per heavy atom. The van der Waals surface area contributed by atoms with E-state index in [0.717, 1.165) is 16.9 Å². The van der Waals surface area contributed by atoms with Crippen LogP contribution in [0.5, 0.6) is 5.75 Å². The van der Waals surface area contributed by atoms with Crippen LogP contribution in [0.4, 0.5) is 0 Å². The number of halogens is 1. The van der Waals surface area contributed by atoms with E-state index in [-0.39, 0.29) is 6.61 Å². The monoisotopic (exact) mass is 304 g/mol. The summed E-state index contributed by atoms with van der Waals surface area (Å²) in [5.41, 5.74) is 4.66. The highest BCUT2D eigenvalue weighted by Crippen LogP contribution is 2.18. The molecule has 2 N–H and O–H groups in total. The Labute approximate surface area is 129 Å². The molecule has 0 amide bonds. The minimum Gasteiger partial charge on any atom is -0.488 e. The van der Waals surface area contributed by atoms with Gasteiger partial charge in [-0.25, -0.2) is 0 Å². The third-order valence-corrected chi connectivity index (χ3v) is 3.00. The zero-order valence-electron chi connectivity index (χ0n) is 11.5. The first kappa shape index (κ1) is 15.4. The molecule has 21 heavy (non-hydrogen) atoms. The quantitative estimate of drug-likeness (QED) is 0.470. The van der Waals surface area contributed by atoms with Crippen LogP contribution in [0.3, 0.4) is 0 Å². The summed E-state index contributed by atoms with van der Waals surface area (Å²) in [6, 6.07) is 15.2. The average Bonchev–Trinajstić information content (AvgIpc) is 2.52. The standard InChI is InChI=1S/C16H17ClN2O2/c17-15-7-5-13(6-8-15)12-21-16-4-2-1-3-14(16)11-19-18-9-10-20/h1-8,11,18,20H,9-10,12H2. The molecule has 0 aliphatic heterocycles. The first-order chi connectivity index (χ1) is 10.3. The van der Waals surface area contributed by atoms with Gasteiger partial charge in [-0.1, -0.05) is 35.9 Å². The number of hydrazone groups is 1. The lowest BCUT2D eigenvalue weighted by molar-refractivity contribution is 0.293. The van der Waals surface area contributed by atoms with Crippen LogP contribution < -0.4 is 10.2 Å². The van der Waals surface area contributed by atoms with Crippen molar-refractivity contribution in [1.29, 1.82) is 0 Å². The van der Waals surface area contributed by atoms with Gasteiger partial charge in [0, 0.05) is 10.6 Å². The minimum absolute atomic E-state index is 0.0477. The summed E-state index contributed by atoms with van der Waals surface area (Å²) in [4.78, 5) is 0. The van der Waals surface area contributed by atoms with Crippen LogP contribution in [-0.2, 0) is 6.61 Å². The summed E-state index contributed by atoms with van der Waals surface area (Å²) >= 11 is 5.85. The molecule has 0 atom stereocenters. The van der Waals surface area contributed by atoms with Crippen molar-refractivity contribution in [3.05, 3.63) is 64.7 Å². The van der Waals surface area contributed by atoms with Gasteiger partial charge in [-0.15, -0.1) is 0 Å². The van der Waals surface area contributed by atoms with Crippen molar-refractivity contribution in [3.8, 4) is 5.75 Å². The maximum Gasteiger partial charge on any atom is 0.128 e. The number of hydrogen-bond donors (Lipinski definition) is 2. The van der Waals surface area contributed by atoms with Gasteiger partial charge in [0.15, 0.2) is 0 Å². The van der Waals surface area contributed by atoms with Gasteiger partial charge >= 0.3 is 0 Å². The van der Waals surface area contributed by atoms with E-state index in [9.17, 15) is 0 Å². The van der Waals surface area contributed by atoms with Crippen molar-refractivity contribution < 1.29 is 9.84 Å². The molecule has 0 saturated heterocycles. The fraction of sp³-hybridized carbons (Fsp3) is 0.188. The molecule has 0 radical (unpaired) electrons. The van der Waals surface area contributed by atoms with Gasteiger partial charge in [-0.05, 0) is 29.8 Å². The largest absolute Gasteiger partial charge is 0.488 e. The molecule has 4 nitrogen and oxygen atoms in total. The predicted octanol–water partition coefficient (Wildman–Crippen LogP) is 2.83. The van der Waals surface area contributed by atoms with E-state index in [4.69, 9.17) is 21.4 Å². The highest BCUT2D eigenvalue weighted by atomic mass is 35.5. The lowest BCUT2D eigenvalue weighted by atomic mass is 10.2. The van der Waals surface area contributed by atoms with E-state index in [1.165, 1.54) is 0 Å². The van der Waals surface area contributed by atoms with E-state index in [0.29, 0.717) is 18.2 Å². The highest BCUT2D eigenvalue weighted by molar-refractivity contribution is 6.30. The van der Waals surface area contributed by atoms with Crippen molar-refractivity contribution >= 4 is 17.8 Å². The molecule has 0 bridgehead atoms. The van der Waals surface area contributed by atoms with Gasteiger partial charge < -0.3 is 15.3 Å². The molecule has 2 aromatic carbocycles. The maximum atomic E-state index is 8.68. The normalized spacial score (nSPS) is 10.8. The molecule has 0 heterocycles. The van der Waals surface area contributed by atoms with E-state index in [1.54, 1.807) is 6.21 Å². The highest BCUT2D eigenvalue weighted by Gasteiger charge is 2.01. The molecule has 110 valence electrons. The summed E-state index contributed by atoms with van der Waals surface area (Å²) in [6.07, 6.45) is 1.67.